The Hall–Kier alpha value is -3.51. The van der Waals surface area contributed by atoms with Gasteiger partial charge < -0.3 is 14.8 Å². The van der Waals surface area contributed by atoms with E-state index in [2.05, 4.69) is 9.97 Å². The molecule has 0 saturated carbocycles. The number of carboxylic acid groups (broad SMARTS) is 1. The number of carbonyl (C=O) groups is 1. The van der Waals surface area contributed by atoms with E-state index >= 15 is 0 Å². The van der Waals surface area contributed by atoms with Crippen LogP contribution in [0.3, 0.4) is 0 Å². The number of hydrogen-bond acceptors (Lipinski definition) is 4. The van der Waals surface area contributed by atoms with Crippen molar-refractivity contribution in [2.24, 2.45) is 0 Å². The minimum atomic E-state index is -1.00. The number of nitrogens with zero attached hydrogens (tertiary/aromatic N) is 1. The van der Waals surface area contributed by atoms with Crippen LogP contribution in [0.15, 0.2) is 88.9 Å². The Morgan fingerprint density at radius 3 is 2.45 bits per heavy atom. The largest absolute Gasteiger partial charge is 0.489 e. The van der Waals surface area contributed by atoms with Gasteiger partial charge in [-0.3, -0.25) is 0 Å². The predicted octanol–water partition coefficient (Wildman–Crippen LogP) is 5.36. The number of aromatic nitrogens is 2. The average molecular weight is 402 g/mol. The third kappa shape index (κ3) is 4.86. The summed E-state index contributed by atoms with van der Waals surface area (Å²) in [6, 6.07) is 24.9. The van der Waals surface area contributed by atoms with Gasteiger partial charge in [0.2, 0.25) is 0 Å². The van der Waals surface area contributed by atoms with Gasteiger partial charge in [0.05, 0.1) is 11.0 Å². The van der Waals surface area contributed by atoms with Gasteiger partial charge in [0, 0.05) is 0 Å². The zero-order valence-corrected chi connectivity index (χ0v) is 16.2. The normalized spacial score (nSPS) is 11.5. The maximum absolute atomic E-state index is 11.7. The number of thioether (sulfide) groups is 1. The maximum atomic E-state index is 11.7. The molecule has 29 heavy (non-hydrogen) atoms. The molecule has 144 valence electrons. The first-order chi connectivity index (χ1) is 14.2. The molecule has 5 nitrogen and oxygen atoms in total. The van der Waals surface area contributed by atoms with Crippen LogP contribution in [0.25, 0.3) is 17.1 Å². The molecule has 4 rings (SSSR count). The van der Waals surface area contributed by atoms with E-state index < -0.39 is 5.97 Å². The van der Waals surface area contributed by atoms with Crippen LogP contribution in [0.4, 0.5) is 0 Å². The topological polar surface area (TPSA) is 75.2 Å². The minimum Gasteiger partial charge on any atom is -0.489 e. The molecule has 1 heterocycles. The van der Waals surface area contributed by atoms with Gasteiger partial charge in [-0.05, 0) is 53.2 Å². The highest BCUT2D eigenvalue weighted by atomic mass is 32.2. The van der Waals surface area contributed by atoms with Crippen LogP contribution in [0.5, 0.6) is 5.75 Å². The molecule has 0 bridgehead atoms. The lowest BCUT2D eigenvalue weighted by Crippen LogP contribution is -1.97. The van der Waals surface area contributed by atoms with Crippen molar-refractivity contribution in [1.82, 2.24) is 9.97 Å². The molecule has 0 spiro atoms. The summed E-state index contributed by atoms with van der Waals surface area (Å²) in [6.07, 6.45) is 1.63. The van der Waals surface area contributed by atoms with Crippen molar-refractivity contribution in [2.45, 2.75) is 11.8 Å². The molecular weight excluding hydrogens is 384 g/mol. The Labute approximate surface area is 172 Å². The van der Waals surface area contributed by atoms with Crippen molar-refractivity contribution in [3.05, 3.63) is 94.9 Å². The number of rotatable bonds is 7. The Kier molecular flexibility index (Phi) is 5.63. The van der Waals surface area contributed by atoms with Crippen molar-refractivity contribution in [3.63, 3.8) is 0 Å². The first kappa shape index (κ1) is 18.8. The van der Waals surface area contributed by atoms with E-state index in [1.165, 1.54) is 0 Å². The number of aromatic amines is 1. The molecule has 0 aliphatic heterocycles. The summed E-state index contributed by atoms with van der Waals surface area (Å²) >= 11 is 1.09. The van der Waals surface area contributed by atoms with Crippen LogP contribution in [0, 0.1) is 0 Å². The number of H-pyrrole nitrogens is 1. The minimum absolute atomic E-state index is 0.182. The van der Waals surface area contributed by atoms with Crippen LogP contribution >= 0.6 is 11.8 Å². The summed E-state index contributed by atoms with van der Waals surface area (Å²) < 4.78 is 5.77. The lowest BCUT2D eigenvalue weighted by atomic mass is 10.2. The zero-order chi connectivity index (χ0) is 20.1. The van der Waals surface area contributed by atoms with Gasteiger partial charge in [-0.1, -0.05) is 54.6 Å². The number of ether oxygens (including phenoxy) is 1. The number of fused-ring (bicyclic) bond motifs is 1. The molecule has 0 amide bonds. The second-order valence-electron chi connectivity index (χ2n) is 6.32. The Balaban J connectivity index is 1.47. The molecule has 0 unspecified atom stereocenters. The summed E-state index contributed by atoms with van der Waals surface area (Å²) in [5.41, 5.74) is 3.55. The molecule has 1 aromatic heterocycles. The smallest absolute Gasteiger partial charge is 0.342 e. The third-order valence-corrected chi connectivity index (χ3v) is 5.11. The van der Waals surface area contributed by atoms with E-state index in [0.29, 0.717) is 11.8 Å². The number of aliphatic carboxylic acids is 1. The molecule has 0 radical (unpaired) electrons. The van der Waals surface area contributed by atoms with Gasteiger partial charge in [-0.15, -0.1) is 0 Å². The standard InChI is InChI=1S/C23H18N2O3S/c26-22(27)21(29-23-24-19-8-4-5-9-20(19)25-23)14-16-10-12-18(13-11-16)28-15-17-6-2-1-3-7-17/h1-14H,15H2,(H,24,25)(H,26,27)/b21-14-. The summed E-state index contributed by atoms with van der Waals surface area (Å²) in [4.78, 5) is 19.4. The highest BCUT2D eigenvalue weighted by molar-refractivity contribution is 8.04. The molecule has 0 atom stereocenters. The van der Waals surface area contributed by atoms with Crippen LogP contribution in [0.2, 0.25) is 0 Å². The highest BCUT2D eigenvalue weighted by Gasteiger charge is 2.13. The van der Waals surface area contributed by atoms with Gasteiger partial charge in [0.15, 0.2) is 5.16 Å². The first-order valence-electron chi connectivity index (χ1n) is 9.02. The first-order valence-corrected chi connectivity index (χ1v) is 9.83. The lowest BCUT2D eigenvalue weighted by Gasteiger charge is -2.06. The zero-order valence-electron chi connectivity index (χ0n) is 15.4. The highest BCUT2D eigenvalue weighted by Crippen LogP contribution is 2.28. The Morgan fingerprint density at radius 2 is 1.72 bits per heavy atom. The average Bonchev–Trinajstić information content (AvgIpc) is 3.16. The Morgan fingerprint density at radius 1 is 1.00 bits per heavy atom. The molecule has 6 heteroatoms. The molecule has 0 fully saturated rings. The van der Waals surface area contributed by atoms with E-state index in [-0.39, 0.29) is 4.91 Å². The molecular formula is C23H18N2O3S. The maximum Gasteiger partial charge on any atom is 0.342 e. The summed E-state index contributed by atoms with van der Waals surface area (Å²) in [6.45, 7) is 0.484. The summed E-state index contributed by atoms with van der Waals surface area (Å²) in [5.74, 6) is -0.271. The molecule has 0 aliphatic rings. The molecule has 0 saturated heterocycles. The van der Waals surface area contributed by atoms with Crippen LogP contribution in [-0.4, -0.2) is 21.0 Å². The lowest BCUT2D eigenvalue weighted by molar-refractivity contribution is -0.131. The van der Waals surface area contributed by atoms with Gasteiger partial charge >= 0.3 is 5.97 Å². The number of nitrogens with one attached hydrogen (secondary N) is 1. The molecule has 0 aliphatic carbocycles. The van der Waals surface area contributed by atoms with E-state index in [4.69, 9.17) is 4.74 Å². The number of imidazole rings is 1. The van der Waals surface area contributed by atoms with Crippen LogP contribution in [0.1, 0.15) is 11.1 Å². The number of para-hydroxylation sites is 2. The fraction of sp³-hybridized carbons (Fsp3) is 0.0435. The second kappa shape index (κ2) is 8.67. The molecule has 3 aromatic carbocycles. The van der Waals surface area contributed by atoms with Gasteiger partial charge in [-0.25, -0.2) is 9.78 Å². The fourth-order valence-electron chi connectivity index (χ4n) is 2.77. The van der Waals surface area contributed by atoms with E-state index in [9.17, 15) is 9.90 Å². The predicted molar refractivity (Wildman–Crippen MR) is 115 cm³/mol. The van der Waals surface area contributed by atoms with Crippen molar-refractivity contribution in [3.8, 4) is 5.75 Å². The van der Waals surface area contributed by atoms with Gasteiger partial charge in [0.25, 0.3) is 0 Å². The Bertz CT molecular complexity index is 1120. The van der Waals surface area contributed by atoms with E-state index in [1.807, 2.05) is 78.9 Å². The number of carboxylic acids is 1. The SMILES string of the molecule is O=C(O)/C(=C/c1ccc(OCc2ccccc2)cc1)Sc1nc2ccccc2[nH]1. The number of benzene rings is 3. The monoisotopic (exact) mass is 402 g/mol. The molecule has 2 N–H and O–H groups in total. The van der Waals surface area contributed by atoms with Crippen molar-refractivity contribution in [1.29, 1.82) is 0 Å². The van der Waals surface area contributed by atoms with E-state index in [1.54, 1.807) is 6.08 Å². The van der Waals surface area contributed by atoms with Crippen LogP contribution < -0.4 is 4.74 Å². The van der Waals surface area contributed by atoms with Gasteiger partial charge in [0.1, 0.15) is 17.3 Å². The second-order valence-corrected chi connectivity index (χ2v) is 7.35. The number of hydrogen-bond donors (Lipinski definition) is 2. The van der Waals surface area contributed by atoms with E-state index in [0.717, 1.165) is 39.7 Å². The summed E-state index contributed by atoms with van der Waals surface area (Å²) in [5, 5.41) is 10.1. The summed E-state index contributed by atoms with van der Waals surface area (Å²) in [7, 11) is 0. The van der Waals surface area contributed by atoms with Crippen molar-refractivity contribution >= 4 is 34.8 Å². The van der Waals surface area contributed by atoms with Crippen LogP contribution in [-0.2, 0) is 11.4 Å². The third-order valence-electron chi connectivity index (χ3n) is 4.21. The fourth-order valence-corrected chi connectivity index (χ4v) is 3.56. The molecule has 4 aromatic rings. The van der Waals surface area contributed by atoms with Crippen molar-refractivity contribution < 1.29 is 14.6 Å². The quantitative estimate of drug-likeness (QED) is 0.321. The van der Waals surface area contributed by atoms with Gasteiger partial charge in [-0.2, -0.15) is 0 Å². The van der Waals surface area contributed by atoms with Crippen molar-refractivity contribution in [2.75, 3.05) is 0 Å².